The van der Waals surface area contributed by atoms with Gasteiger partial charge in [0.15, 0.2) is 0 Å². The molecule has 108 valence electrons. The molecule has 1 unspecified atom stereocenters. The van der Waals surface area contributed by atoms with Gasteiger partial charge >= 0.3 is 0 Å². The van der Waals surface area contributed by atoms with Crippen molar-refractivity contribution >= 4 is 27.5 Å². The number of aromatic nitrogens is 2. The second-order valence-electron chi connectivity index (χ2n) is 4.74. The van der Waals surface area contributed by atoms with Gasteiger partial charge < -0.3 is 10.5 Å². The van der Waals surface area contributed by atoms with Gasteiger partial charge in [-0.25, -0.2) is 0 Å². The maximum absolute atomic E-state index is 6.20. The highest BCUT2D eigenvalue weighted by atomic mass is 79.9. The van der Waals surface area contributed by atoms with Gasteiger partial charge in [-0.2, -0.15) is 5.10 Å². The van der Waals surface area contributed by atoms with E-state index >= 15 is 0 Å². The zero-order valence-electron chi connectivity index (χ0n) is 11.7. The van der Waals surface area contributed by atoms with Crippen LogP contribution in [0.5, 0.6) is 5.75 Å². The third-order valence-corrected chi connectivity index (χ3v) is 4.07. The highest BCUT2D eigenvalue weighted by Crippen LogP contribution is 2.29. The van der Waals surface area contributed by atoms with Crippen LogP contribution in [-0.2, 0) is 13.7 Å². The molecular weight excluding hydrogens is 342 g/mol. The third-order valence-electron chi connectivity index (χ3n) is 3.10. The van der Waals surface area contributed by atoms with Crippen molar-refractivity contribution in [2.75, 3.05) is 0 Å². The number of nitrogens with two attached hydrogens (primary N) is 1. The lowest BCUT2D eigenvalue weighted by atomic mass is 10.1. The van der Waals surface area contributed by atoms with Crippen LogP contribution in [0.1, 0.15) is 29.8 Å². The molecule has 1 aromatic heterocycles. The van der Waals surface area contributed by atoms with Gasteiger partial charge in [0.1, 0.15) is 17.5 Å². The number of ether oxygens (including phenoxy) is 1. The largest absolute Gasteiger partial charge is 0.488 e. The zero-order chi connectivity index (χ0) is 14.9. The predicted molar refractivity (Wildman–Crippen MR) is 84.0 cm³/mol. The molecule has 0 saturated heterocycles. The minimum absolute atomic E-state index is 0.104. The van der Waals surface area contributed by atoms with Crippen molar-refractivity contribution in [3.63, 3.8) is 0 Å². The molecule has 0 fully saturated rings. The van der Waals surface area contributed by atoms with Crippen LogP contribution in [0.25, 0.3) is 0 Å². The first-order valence-corrected chi connectivity index (χ1v) is 7.43. The lowest BCUT2D eigenvalue weighted by Gasteiger charge is -2.14. The van der Waals surface area contributed by atoms with Crippen LogP contribution in [0.4, 0.5) is 0 Å². The SMILES string of the molecule is Cc1nn(C)c(Cl)c1COc1ccc(Br)cc1C(C)N. The topological polar surface area (TPSA) is 53.1 Å². The number of benzene rings is 1. The Morgan fingerprint density at radius 1 is 1.50 bits per heavy atom. The van der Waals surface area contributed by atoms with Gasteiger partial charge in [-0.05, 0) is 32.0 Å². The van der Waals surface area contributed by atoms with Crippen molar-refractivity contribution in [1.82, 2.24) is 9.78 Å². The van der Waals surface area contributed by atoms with Gasteiger partial charge in [0.2, 0.25) is 0 Å². The fourth-order valence-corrected chi connectivity index (χ4v) is 2.60. The van der Waals surface area contributed by atoms with Crippen LogP contribution < -0.4 is 10.5 Å². The highest BCUT2D eigenvalue weighted by molar-refractivity contribution is 9.10. The Kier molecular flexibility index (Phi) is 4.73. The molecule has 2 rings (SSSR count). The van der Waals surface area contributed by atoms with Crippen LogP contribution in [-0.4, -0.2) is 9.78 Å². The number of hydrogen-bond acceptors (Lipinski definition) is 3. The Bertz CT molecular complexity index is 625. The van der Waals surface area contributed by atoms with Crippen LogP contribution in [0, 0.1) is 6.92 Å². The summed E-state index contributed by atoms with van der Waals surface area (Å²) in [7, 11) is 1.81. The number of hydrogen-bond donors (Lipinski definition) is 1. The summed E-state index contributed by atoms with van der Waals surface area (Å²) in [5, 5.41) is 4.87. The molecule has 0 aliphatic heterocycles. The Morgan fingerprint density at radius 2 is 2.20 bits per heavy atom. The molecule has 6 heteroatoms. The van der Waals surface area contributed by atoms with E-state index in [9.17, 15) is 0 Å². The molecule has 0 aliphatic carbocycles. The average molecular weight is 359 g/mol. The van der Waals surface area contributed by atoms with Crippen LogP contribution in [0.15, 0.2) is 22.7 Å². The first kappa shape index (κ1) is 15.4. The highest BCUT2D eigenvalue weighted by Gasteiger charge is 2.14. The van der Waals surface area contributed by atoms with E-state index in [1.165, 1.54) is 0 Å². The molecule has 20 heavy (non-hydrogen) atoms. The summed E-state index contributed by atoms with van der Waals surface area (Å²) in [6, 6.07) is 5.70. The summed E-state index contributed by atoms with van der Waals surface area (Å²) in [4.78, 5) is 0. The lowest BCUT2D eigenvalue weighted by molar-refractivity contribution is 0.300. The Labute approximate surface area is 132 Å². The molecule has 1 atom stereocenters. The van der Waals surface area contributed by atoms with E-state index < -0.39 is 0 Å². The Hall–Kier alpha value is -1.04. The van der Waals surface area contributed by atoms with Crippen molar-refractivity contribution in [2.24, 2.45) is 12.8 Å². The van der Waals surface area contributed by atoms with E-state index in [2.05, 4.69) is 21.0 Å². The van der Waals surface area contributed by atoms with Gasteiger partial charge in [-0.1, -0.05) is 27.5 Å². The van der Waals surface area contributed by atoms with E-state index in [0.29, 0.717) is 11.8 Å². The molecule has 0 saturated carbocycles. The maximum atomic E-state index is 6.20. The predicted octanol–water partition coefficient (Wildman–Crippen LogP) is 3.74. The quantitative estimate of drug-likeness (QED) is 0.905. The van der Waals surface area contributed by atoms with E-state index in [0.717, 1.165) is 27.0 Å². The lowest BCUT2D eigenvalue weighted by Crippen LogP contribution is -2.08. The van der Waals surface area contributed by atoms with E-state index in [4.69, 9.17) is 22.1 Å². The van der Waals surface area contributed by atoms with E-state index in [1.807, 2.05) is 39.1 Å². The molecule has 0 aliphatic rings. The van der Waals surface area contributed by atoms with Gasteiger partial charge in [0.25, 0.3) is 0 Å². The average Bonchev–Trinajstić information content (AvgIpc) is 2.62. The fraction of sp³-hybridized carbons (Fsp3) is 0.357. The van der Waals surface area contributed by atoms with Crippen molar-refractivity contribution < 1.29 is 4.74 Å². The number of halogens is 2. The number of nitrogens with zero attached hydrogens (tertiary/aromatic N) is 2. The fourth-order valence-electron chi connectivity index (χ4n) is 1.99. The van der Waals surface area contributed by atoms with E-state index in [1.54, 1.807) is 4.68 Å². The second kappa shape index (κ2) is 6.16. The van der Waals surface area contributed by atoms with E-state index in [-0.39, 0.29) is 6.04 Å². The van der Waals surface area contributed by atoms with Crippen molar-refractivity contribution in [3.8, 4) is 5.75 Å². The summed E-state index contributed by atoms with van der Waals surface area (Å²) in [5.74, 6) is 0.766. The van der Waals surface area contributed by atoms with Crippen LogP contribution in [0.3, 0.4) is 0 Å². The van der Waals surface area contributed by atoms with Gasteiger partial charge in [0, 0.05) is 28.7 Å². The normalized spacial score (nSPS) is 12.5. The summed E-state index contributed by atoms with van der Waals surface area (Å²) in [6.07, 6.45) is 0. The van der Waals surface area contributed by atoms with Crippen molar-refractivity contribution in [3.05, 3.63) is 44.6 Å². The summed E-state index contributed by atoms with van der Waals surface area (Å²) in [5.41, 5.74) is 8.70. The molecule has 2 N–H and O–H groups in total. The Morgan fingerprint density at radius 3 is 2.75 bits per heavy atom. The first-order valence-electron chi connectivity index (χ1n) is 6.26. The molecule has 0 bridgehead atoms. The summed E-state index contributed by atoms with van der Waals surface area (Å²) >= 11 is 9.64. The van der Waals surface area contributed by atoms with Gasteiger partial charge in [-0.15, -0.1) is 0 Å². The Balaban J connectivity index is 2.23. The summed E-state index contributed by atoms with van der Waals surface area (Å²) < 4.78 is 8.50. The number of rotatable bonds is 4. The molecule has 0 radical (unpaired) electrons. The molecule has 2 aromatic rings. The monoisotopic (exact) mass is 357 g/mol. The molecule has 0 spiro atoms. The van der Waals surface area contributed by atoms with Crippen molar-refractivity contribution in [1.29, 1.82) is 0 Å². The van der Waals surface area contributed by atoms with Gasteiger partial charge in [0.05, 0.1) is 5.69 Å². The van der Waals surface area contributed by atoms with Crippen LogP contribution >= 0.6 is 27.5 Å². The van der Waals surface area contributed by atoms with Crippen molar-refractivity contribution in [2.45, 2.75) is 26.5 Å². The standard InChI is InChI=1S/C14H17BrClN3O/c1-8(17)11-6-10(15)4-5-13(11)20-7-12-9(2)18-19(3)14(12)16/h4-6,8H,7,17H2,1-3H3. The second-order valence-corrected chi connectivity index (χ2v) is 6.01. The molecule has 1 aromatic carbocycles. The zero-order valence-corrected chi connectivity index (χ0v) is 14.0. The minimum atomic E-state index is -0.104. The molecule has 0 amide bonds. The third kappa shape index (κ3) is 3.16. The number of aryl methyl sites for hydroxylation is 2. The first-order chi connectivity index (χ1) is 9.40. The minimum Gasteiger partial charge on any atom is -0.488 e. The summed E-state index contributed by atoms with van der Waals surface area (Å²) in [6.45, 7) is 4.22. The smallest absolute Gasteiger partial charge is 0.133 e. The maximum Gasteiger partial charge on any atom is 0.133 e. The van der Waals surface area contributed by atoms with Gasteiger partial charge in [-0.3, -0.25) is 4.68 Å². The molecular formula is C14H17BrClN3O. The van der Waals surface area contributed by atoms with Crippen LogP contribution in [0.2, 0.25) is 5.15 Å². The molecule has 1 heterocycles. The molecule has 4 nitrogen and oxygen atoms in total.